The lowest BCUT2D eigenvalue weighted by Crippen LogP contribution is -2.26. The average molecular weight is 307 g/mol. The van der Waals surface area contributed by atoms with Gasteiger partial charge in [0.25, 0.3) is 0 Å². The highest BCUT2D eigenvalue weighted by Crippen LogP contribution is 2.16. The maximum absolute atomic E-state index is 13.5. The molecule has 0 radical (unpaired) electrons. The van der Waals surface area contributed by atoms with Crippen LogP contribution >= 0.6 is 11.8 Å². The van der Waals surface area contributed by atoms with Crippen LogP contribution in [0.4, 0.5) is 4.39 Å². The van der Waals surface area contributed by atoms with Crippen LogP contribution in [0.15, 0.2) is 23.1 Å². The van der Waals surface area contributed by atoms with E-state index in [1.165, 1.54) is 0 Å². The van der Waals surface area contributed by atoms with Crippen molar-refractivity contribution < 1.29 is 22.7 Å². The molecule has 0 saturated heterocycles. The third-order valence-corrected chi connectivity index (χ3v) is 4.46. The molecule has 0 aliphatic carbocycles. The van der Waals surface area contributed by atoms with E-state index in [2.05, 4.69) is 4.72 Å². The van der Waals surface area contributed by atoms with E-state index in [0.29, 0.717) is 6.42 Å². The van der Waals surface area contributed by atoms with Gasteiger partial charge in [-0.25, -0.2) is 22.3 Å². The molecule has 1 aromatic rings. The van der Waals surface area contributed by atoms with Gasteiger partial charge in [0.05, 0.1) is 5.56 Å². The quantitative estimate of drug-likeness (QED) is 0.747. The van der Waals surface area contributed by atoms with Gasteiger partial charge in [0.15, 0.2) is 0 Å². The predicted molar refractivity (Wildman–Crippen MR) is 71.5 cm³/mol. The summed E-state index contributed by atoms with van der Waals surface area (Å²) in [4.78, 5) is 10.1. The van der Waals surface area contributed by atoms with Crippen molar-refractivity contribution in [1.82, 2.24) is 4.72 Å². The van der Waals surface area contributed by atoms with Crippen molar-refractivity contribution in [2.24, 2.45) is 0 Å². The lowest BCUT2D eigenvalue weighted by atomic mass is 10.2. The number of carbonyl (C=O) groups is 1. The topological polar surface area (TPSA) is 83.5 Å². The SMILES string of the molecule is CSCCCNS(=O)(=O)c1cc(C(=O)O)ccc1F. The zero-order valence-electron chi connectivity index (χ0n) is 10.2. The summed E-state index contributed by atoms with van der Waals surface area (Å²) in [6, 6.07) is 2.67. The number of carboxylic acids is 1. The second-order valence-corrected chi connectivity index (χ2v) is 6.42. The molecular weight excluding hydrogens is 293 g/mol. The minimum atomic E-state index is -4.03. The Morgan fingerprint density at radius 3 is 2.74 bits per heavy atom. The molecule has 0 heterocycles. The van der Waals surface area contributed by atoms with E-state index in [4.69, 9.17) is 5.11 Å². The summed E-state index contributed by atoms with van der Waals surface area (Å²) in [5, 5.41) is 8.77. The number of nitrogens with one attached hydrogen (secondary N) is 1. The van der Waals surface area contributed by atoms with E-state index in [1.807, 2.05) is 6.26 Å². The fourth-order valence-corrected chi connectivity index (χ4v) is 2.95. The van der Waals surface area contributed by atoms with Crippen LogP contribution in [0.1, 0.15) is 16.8 Å². The molecule has 1 rings (SSSR count). The van der Waals surface area contributed by atoms with Gasteiger partial charge in [-0.2, -0.15) is 11.8 Å². The number of hydrogen-bond acceptors (Lipinski definition) is 4. The van der Waals surface area contributed by atoms with Gasteiger partial charge in [-0.15, -0.1) is 0 Å². The predicted octanol–water partition coefficient (Wildman–Crippen LogP) is 1.56. The molecule has 8 heteroatoms. The summed E-state index contributed by atoms with van der Waals surface area (Å²) in [6.07, 6.45) is 2.51. The highest BCUT2D eigenvalue weighted by atomic mass is 32.2. The fraction of sp³-hybridized carbons (Fsp3) is 0.364. The molecule has 5 nitrogen and oxygen atoms in total. The number of sulfonamides is 1. The van der Waals surface area contributed by atoms with Crippen LogP contribution in [0.5, 0.6) is 0 Å². The molecule has 0 spiro atoms. The minimum absolute atomic E-state index is 0.180. The number of aromatic carboxylic acids is 1. The molecule has 0 amide bonds. The smallest absolute Gasteiger partial charge is 0.335 e. The first-order valence-electron chi connectivity index (χ1n) is 5.40. The molecule has 19 heavy (non-hydrogen) atoms. The number of benzene rings is 1. The third kappa shape index (κ3) is 4.48. The van der Waals surface area contributed by atoms with Gasteiger partial charge in [-0.1, -0.05) is 0 Å². The van der Waals surface area contributed by atoms with E-state index in [1.54, 1.807) is 11.8 Å². The molecule has 0 aromatic heterocycles. The zero-order valence-corrected chi connectivity index (χ0v) is 11.9. The van der Waals surface area contributed by atoms with Crippen LogP contribution < -0.4 is 4.72 Å². The molecule has 106 valence electrons. The Bertz CT molecular complexity index is 560. The Balaban J connectivity index is 2.94. The van der Waals surface area contributed by atoms with Crippen LogP contribution in [0, 0.1) is 5.82 Å². The summed E-state index contributed by atoms with van der Waals surface area (Å²) in [7, 11) is -4.03. The molecule has 0 fully saturated rings. The highest BCUT2D eigenvalue weighted by Gasteiger charge is 2.20. The van der Waals surface area contributed by atoms with Gasteiger partial charge in [-0.05, 0) is 36.6 Å². The summed E-state index contributed by atoms with van der Waals surface area (Å²) >= 11 is 1.57. The van der Waals surface area contributed by atoms with E-state index in [-0.39, 0.29) is 12.1 Å². The minimum Gasteiger partial charge on any atom is -0.478 e. The molecule has 0 atom stereocenters. The first-order chi connectivity index (χ1) is 8.88. The Hall–Kier alpha value is -1.12. The second kappa shape index (κ2) is 6.88. The Morgan fingerprint density at radius 1 is 1.47 bits per heavy atom. The van der Waals surface area contributed by atoms with E-state index >= 15 is 0 Å². The van der Waals surface area contributed by atoms with Crippen molar-refractivity contribution in [3.63, 3.8) is 0 Å². The number of hydrogen-bond donors (Lipinski definition) is 2. The largest absolute Gasteiger partial charge is 0.478 e. The van der Waals surface area contributed by atoms with Crippen LogP contribution in [0.3, 0.4) is 0 Å². The first-order valence-corrected chi connectivity index (χ1v) is 8.27. The van der Waals surface area contributed by atoms with Crippen molar-refractivity contribution >= 4 is 27.8 Å². The highest BCUT2D eigenvalue weighted by molar-refractivity contribution is 7.98. The van der Waals surface area contributed by atoms with Crippen molar-refractivity contribution in [2.45, 2.75) is 11.3 Å². The normalized spacial score (nSPS) is 11.5. The molecule has 2 N–H and O–H groups in total. The van der Waals surface area contributed by atoms with Crippen LogP contribution in [-0.2, 0) is 10.0 Å². The molecule has 0 unspecified atom stereocenters. The maximum Gasteiger partial charge on any atom is 0.335 e. The summed E-state index contributed by atoms with van der Waals surface area (Å²) in [5.74, 6) is -1.50. The average Bonchev–Trinajstić information content (AvgIpc) is 2.34. The Kier molecular flexibility index (Phi) is 5.77. The summed E-state index contributed by atoms with van der Waals surface area (Å²) in [5.41, 5.74) is -0.272. The fourth-order valence-electron chi connectivity index (χ4n) is 1.34. The third-order valence-electron chi connectivity index (χ3n) is 2.28. The standard InChI is InChI=1S/C11H14FNO4S2/c1-18-6-2-5-13-19(16,17)10-7-8(11(14)15)3-4-9(10)12/h3-4,7,13H,2,5-6H2,1H3,(H,14,15). The molecule has 0 aliphatic rings. The van der Waals surface area contributed by atoms with Crippen molar-refractivity contribution in [3.8, 4) is 0 Å². The van der Waals surface area contributed by atoms with Crippen LogP contribution in [0.2, 0.25) is 0 Å². The molecule has 1 aromatic carbocycles. The molecule has 0 saturated carbocycles. The molecule has 0 bridgehead atoms. The maximum atomic E-state index is 13.5. The lowest BCUT2D eigenvalue weighted by Gasteiger charge is -2.08. The number of halogens is 1. The van der Waals surface area contributed by atoms with E-state index in [9.17, 15) is 17.6 Å². The summed E-state index contributed by atoms with van der Waals surface area (Å²) < 4.78 is 39.4. The van der Waals surface area contributed by atoms with Gasteiger partial charge in [0.2, 0.25) is 10.0 Å². The van der Waals surface area contributed by atoms with E-state index < -0.39 is 26.7 Å². The monoisotopic (exact) mass is 307 g/mol. The molecule has 0 aliphatic heterocycles. The Labute approximate surface area is 115 Å². The van der Waals surface area contributed by atoms with Gasteiger partial charge in [-0.3, -0.25) is 0 Å². The lowest BCUT2D eigenvalue weighted by molar-refractivity contribution is 0.0696. The van der Waals surface area contributed by atoms with Crippen LogP contribution in [0.25, 0.3) is 0 Å². The second-order valence-electron chi connectivity index (χ2n) is 3.69. The molecular formula is C11H14FNO4S2. The van der Waals surface area contributed by atoms with E-state index in [0.717, 1.165) is 24.0 Å². The number of carboxylic acid groups (broad SMARTS) is 1. The first kappa shape index (κ1) is 15.9. The van der Waals surface area contributed by atoms with Gasteiger partial charge >= 0.3 is 5.97 Å². The van der Waals surface area contributed by atoms with Crippen molar-refractivity contribution in [2.75, 3.05) is 18.6 Å². The van der Waals surface area contributed by atoms with Gasteiger partial charge < -0.3 is 5.11 Å². The van der Waals surface area contributed by atoms with Crippen molar-refractivity contribution in [1.29, 1.82) is 0 Å². The Morgan fingerprint density at radius 2 is 2.16 bits per heavy atom. The summed E-state index contributed by atoms with van der Waals surface area (Å²) in [6.45, 7) is 0.180. The zero-order chi connectivity index (χ0) is 14.5. The number of thioether (sulfide) groups is 1. The van der Waals surface area contributed by atoms with Crippen molar-refractivity contribution in [3.05, 3.63) is 29.6 Å². The number of rotatable bonds is 7. The van der Waals surface area contributed by atoms with Gasteiger partial charge in [0, 0.05) is 6.54 Å². The van der Waals surface area contributed by atoms with Crippen LogP contribution in [-0.4, -0.2) is 38.0 Å². The van der Waals surface area contributed by atoms with Gasteiger partial charge in [0.1, 0.15) is 10.7 Å².